The van der Waals surface area contributed by atoms with Gasteiger partial charge in [0.05, 0.1) is 12.0 Å². The Labute approximate surface area is 124 Å². The van der Waals surface area contributed by atoms with E-state index in [2.05, 4.69) is 13.8 Å². The van der Waals surface area contributed by atoms with Crippen molar-refractivity contribution < 1.29 is 14.3 Å². The lowest BCUT2D eigenvalue weighted by Gasteiger charge is -2.18. The Morgan fingerprint density at radius 2 is 2.00 bits per heavy atom. The first-order valence-corrected chi connectivity index (χ1v) is 7.26. The number of rotatable bonds is 4. The van der Waals surface area contributed by atoms with Crippen LogP contribution in [-0.2, 0) is 11.2 Å². The van der Waals surface area contributed by atoms with Crippen LogP contribution in [0.4, 0.5) is 4.39 Å². The maximum Gasteiger partial charge on any atom is 0.307 e. The van der Waals surface area contributed by atoms with E-state index in [-0.39, 0.29) is 23.8 Å². The maximum absolute atomic E-state index is 14.5. The first-order chi connectivity index (χ1) is 9.79. The summed E-state index contributed by atoms with van der Waals surface area (Å²) in [6.07, 6.45) is -0.193. The zero-order valence-corrected chi connectivity index (χ0v) is 12.8. The van der Waals surface area contributed by atoms with Gasteiger partial charge < -0.3 is 5.11 Å². The van der Waals surface area contributed by atoms with Crippen molar-refractivity contribution in [1.82, 2.24) is 0 Å². The Balaban J connectivity index is 2.70. The molecule has 1 fully saturated rings. The zero-order valence-electron chi connectivity index (χ0n) is 12.8. The second-order valence-corrected chi connectivity index (χ2v) is 6.30. The second kappa shape index (κ2) is 5.48. The topological polar surface area (TPSA) is 61.1 Å². The highest BCUT2D eigenvalue weighted by atomic mass is 19.1. The summed E-state index contributed by atoms with van der Waals surface area (Å²) in [5.74, 6) is -0.582. The molecule has 3 nitrogen and oxygen atoms in total. The monoisotopic (exact) mass is 289 g/mol. The zero-order chi connectivity index (χ0) is 15.9. The van der Waals surface area contributed by atoms with Crippen LogP contribution in [0.25, 0.3) is 0 Å². The number of carboxylic acids is 1. The van der Waals surface area contributed by atoms with Crippen LogP contribution in [-0.4, -0.2) is 11.1 Å². The Bertz CT molecular complexity index is 623. The Morgan fingerprint density at radius 1 is 1.43 bits per heavy atom. The van der Waals surface area contributed by atoms with Gasteiger partial charge in [0.2, 0.25) is 0 Å². The van der Waals surface area contributed by atoms with Crippen LogP contribution in [0.15, 0.2) is 6.07 Å². The average Bonchev–Trinajstić information content (AvgIpc) is 2.96. The van der Waals surface area contributed by atoms with Gasteiger partial charge >= 0.3 is 5.97 Å². The van der Waals surface area contributed by atoms with E-state index in [0.29, 0.717) is 23.0 Å². The average molecular weight is 289 g/mol. The largest absolute Gasteiger partial charge is 0.481 e. The molecule has 0 radical (unpaired) electrons. The number of aliphatic carboxylic acids is 1. The fourth-order valence-electron chi connectivity index (χ4n) is 3.30. The summed E-state index contributed by atoms with van der Waals surface area (Å²) in [5.41, 5.74) is 1.82. The summed E-state index contributed by atoms with van der Waals surface area (Å²) in [4.78, 5) is 11.2. The highest BCUT2D eigenvalue weighted by molar-refractivity contribution is 5.72. The summed E-state index contributed by atoms with van der Waals surface area (Å²) in [5, 5.41) is 18.3. The molecule has 0 saturated heterocycles. The van der Waals surface area contributed by atoms with Crippen LogP contribution in [0.1, 0.15) is 61.8 Å². The van der Waals surface area contributed by atoms with E-state index >= 15 is 0 Å². The van der Waals surface area contributed by atoms with Gasteiger partial charge in [0.25, 0.3) is 0 Å². The van der Waals surface area contributed by atoms with Crippen molar-refractivity contribution in [2.24, 2.45) is 11.8 Å². The van der Waals surface area contributed by atoms with Gasteiger partial charge in [-0.25, -0.2) is 4.39 Å². The summed E-state index contributed by atoms with van der Waals surface area (Å²) in [6, 6.07) is 3.46. The van der Waals surface area contributed by atoms with Crippen LogP contribution >= 0.6 is 0 Å². The molecular formula is C17H20FNO2. The molecule has 1 N–H and O–H groups in total. The second-order valence-electron chi connectivity index (χ2n) is 6.30. The lowest BCUT2D eigenvalue weighted by atomic mass is 9.86. The lowest BCUT2D eigenvalue weighted by Crippen LogP contribution is -2.12. The third-order valence-corrected chi connectivity index (χ3v) is 4.65. The molecule has 2 rings (SSSR count). The molecule has 0 aromatic heterocycles. The molecule has 21 heavy (non-hydrogen) atoms. The number of nitriles is 1. The number of benzene rings is 1. The summed E-state index contributed by atoms with van der Waals surface area (Å²) >= 11 is 0. The molecule has 0 spiro atoms. The molecule has 1 aliphatic rings. The van der Waals surface area contributed by atoms with Crippen molar-refractivity contribution >= 4 is 5.97 Å². The normalized spacial score (nSPS) is 24.0. The molecule has 1 aromatic rings. The number of hydrogen-bond acceptors (Lipinski definition) is 2. The highest BCUT2D eigenvalue weighted by Gasteiger charge is 2.45. The van der Waals surface area contributed by atoms with E-state index in [4.69, 9.17) is 10.4 Å². The standard InChI is InChI=1S/C17H20FNO2/c1-8(2)15-13(6-14(20)21)12(16-9(3)10(16)4)5-11(7-19)17(15)18/h5,8-10,16H,6H2,1-4H3,(H,20,21)/t9-,10+,16?. The van der Waals surface area contributed by atoms with Gasteiger partial charge in [-0.05, 0) is 46.4 Å². The summed E-state index contributed by atoms with van der Waals surface area (Å²) < 4.78 is 14.5. The number of hydrogen-bond donors (Lipinski definition) is 1. The predicted octanol–water partition coefficient (Wildman–Crippen LogP) is 3.82. The van der Waals surface area contributed by atoms with Gasteiger partial charge in [0.1, 0.15) is 11.9 Å². The van der Waals surface area contributed by atoms with Crippen molar-refractivity contribution in [3.63, 3.8) is 0 Å². The molecule has 1 aliphatic carbocycles. The van der Waals surface area contributed by atoms with Gasteiger partial charge in [0, 0.05) is 0 Å². The molecule has 0 amide bonds. The highest BCUT2D eigenvalue weighted by Crippen LogP contribution is 2.55. The number of carbonyl (C=O) groups is 1. The third kappa shape index (κ3) is 2.65. The van der Waals surface area contributed by atoms with Crippen molar-refractivity contribution in [1.29, 1.82) is 5.26 Å². The smallest absolute Gasteiger partial charge is 0.307 e. The Hall–Kier alpha value is -1.89. The molecule has 3 atom stereocenters. The van der Waals surface area contributed by atoms with Crippen molar-refractivity contribution in [3.05, 3.63) is 34.1 Å². The Kier molecular flexibility index (Phi) is 4.04. The van der Waals surface area contributed by atoms with E-state index in [1.807, 2.05) is 19.9 Å². The number of carboxylic acid groups (broad SMARTS) is 1. The molecule has 1 saturated carbocycles. The van der Waals surface area contributed by atoms with Crippen molar-refractivity contribution in [2.75, 3.05) is 0 Å². The summed E-state index contributed by atoms with van der Waals surface area (Å²) in [6.45, 7) is 7.86. The van der Waals surface area contributed by atoms with E-state index in [9.17, 15) is 9.18 Å². The summed E-state index contributed by atoms with van der Waals surface area (Å²) in [7, 11) is 0. The minimum absolute atomic E-state index is 0.0224. The third-order valence-electron chi connectivity index (χ3n) is 4.65. The molecule has 0 heterocycles. The molecule has 1 unspecified atom stereocenters. The van der Waals surface area contributed by atoms with E-state index in [1.54, 1.807) is 6.07 Å². The minimum Gasteiger partial charge on any atom is -0.481 e. The van der Waals surface area contributed by atoms with Crippen LogP contribution in [0.2, 0.25) is 0 Å². The van der Waals surface area contributed by atoms with Crippen molar-refractivity contribution in [2.45, 2.75) is 46.0 Å². The molecule has 0 aliphatic heterocycles. The maximum atomic E-state index is 14.5. The van der Waals surface area contributed by atoms with Crippen LogP contribution in [0.3, 0.4) is 0 Å². The number of halogens is 1. The Morgan fingerprint density at radius 3 is 2.38 bits per heavy atom. The van der Waals surface area contributed by atoms with E-state index < -0.39 is 11.8 Å². The molecular weight excluding hydrogens is 269 g/mol. The van der Waals surface area contributed by atoms with Crippen LogP contribution in [0, 0.1) is 29.0 Å². The quantitative estimate of drug-likeness (QED) is 0.916. The van der Waals surface area contributed by atoms with Gasteiger partial charge in [-0.2, -0.15) is 5.26 Å². The predicted molar refractivity (Wildman–Crippen MR) is 77.6 cm³/mol. The first kappa shape index (κ1) is 15.5. The fraction of sp³-hybridized carbons (Fsp3) is 0.529. The molecule has 0 bridgehead atoms. The van der Waals surface area contributed by atoms with Gasteiger partial charge in [-0.15, -0.1) is 0 Å². The van der Waals surface area contributed by atoms with Gasteiger partial charge in [-0.3, -0.25) is 4.79 Å². The minimum atomic E-state index is -0.969. The van der Waals surface area contributed by atoms with Crippen molar-refractivity contribution in [3.8, 4) is 6.07 Å². The van der Waals surface area contributed by atoms with Gasteiger partial charge in [-0.1, -0.05) is 27.7 Å². The molecule has 4 heteroatoms. The SMILES string of the molecule is CC(C)c1c(F)c(C#N)cc(C2[C@@H](C)[C@H]2C)c1CC(=O)O. The van der Waals surface area contributed by atoms with Crippen LogP contribution in [0.5, 0.6) is 0 Å². The lowest BCUT2D eigenvalue weighted by molar-refractivity contribution is -0.136. The van der Waals surface area contributed by atoms with E-state index in [1.165, 1.54) is 0 Å². The fourth-order valence-corrected chi connectivity index (χ4v) is 3.30. The molecule has 1 aromatic carbocycles. The van der Waals surface area contributed by atoms with Crippen LogP contribution < -0.4 is 0 Å². The van der Waals surface area contributed by atoms with E-state index in [0.717, 1.165) is 5.56 Å². The number of nitrogens with zero attached hydrogens (tertiary/aromatic N) is 1. The van der Waals surface area contributed by atoms with Gasteiger partial charge in [0.15, 0.2) is 0 Å². The molecule has 112 valence electrons. The first-order valence-electron chi connectivity index (χ1n) is 7.26.